The number of hydrogen-bond donors (Lipinski definition) is 1. The SMILES string of the molecule is C=CCN(Cc1ccccc1)C(=O)[C@@H]1[C@H]2C(=O)N([C@@H](CO)Cc3ccccc3)C(C(=O)N(CC=C)C(C)(C)C)C23S[C@@H]1CC3C. The van der Waals surface area contributed by atoms with Gasteiger partial charge in [-0.2, -0.15) is 0 Å². The maximum atomic E-state index is 14.9. The molecule has 8 heteroatoms. The summed E-state index contributed by atoms with van der Waals surface area (Å²) < 4.78 is -0.791. The smallest absolute Gasteiger partial charge is 0.247 e. The van der Waals surface area contributed by atoms with E-state index in [1.165, 1.54) is 0 Å². The van der Waals surface area contributed by atoms with E-state index >= 15 is 0 Å². The molecule has 7 atom stereocenters. The van der Waals surface area contributed by atoms with E-state index in [1.54, 1.807) is 38.6 Å². The summed E-state index contributed by atoms with van der Waals surface area (Å²) in [5, 5.41) is 10.8. The lowest BCUT2D eigenvalue weighted by atomic mass is 9.65. The first-order valence-electron chi connectivity index (χ1n) is 16.0. The Labute approximate surface area is 272 Å². The number of rotatable bonds is 12. The second-order valence-electron chi connectivity index (χ2n) is 13.7. The van der Waals surface area contributed by atoms with Crippen LogP contribution >= 0.6 is 11.8 Å². The zero-order chi connectivity index (χ0) is 32.5. The number of aliphatic hydroxyl groups excluding tert-OH is 1. The lowest BCUT2D eigenvalue weighted by Crippen LogP contribution is -2.62. The highest BCUT2D eigenvalue weighted by Crippen LogP contribution is 2.69. The average molecular weight is 630 g/mol. The van der Waals surface area contributed by atoms with E-state index in [0.717, 1.165) is 17.5 Å². The minimum atomic E-state index is -0.820. The van der Waals surface area contributed by atoms with Gasteiger partial charge < -0.3 is 19.8 Å². The van der Waals surface area contributed by atoms with Crippen LogP contribution in [0.25, 0.3) is 0 Å². The lowest BCUT2D eigenvalue weighted by Gasteiger charge is -2.45. The Balaban J connectivity index is 1.60. The molecule has 0 saturated carbocycles. The van der Waals surface area contributed by atoms with Gasteiger partial charge >= 0.3 is 0 Å². The number of hydrogen-bond acceptors (Lipinski definition) is 5. The number of fused-ring (bicyclic) bond motifs is 1. The van der Waals surface area contributed by atoms with Gasteiger partial charge in [0.25, 0.3) is 0 Å². The van der Waals surface area contributed by atoms with Crippen molar-refractivity contribution in [2.45, 2.75) is 74.7 Å². The molecule has 2 bridgehead atoms. The summed E-state index contributed by atoms with van der Waals surface area (Å²) in [5.41, 5.74) is 1.45. The molecule has 2 aromatic carbocycles. The molecule has 3 saturated heterocycles. The molecule has 240 valence electrons. The molecule has 3 fully saturated rings. The van der Waals surface area contributed by atoms with E-state index in [9.17, 15) is 19.5 Å². The maximum Gasteiger partial charge on any atom is 0.247 e. The Morgan fingerprint density at radius 3 is 2.18 bits per heavy atom. The van der Waals surface area contributed by atoms with Gasteiger partial charge in [-0.1, -0.05) is 79.7 Å². The number of carbonyl (C=O) groups is 3. The Bertz CT molecular complexity index is 1410. The summed E-state index contributed by atoms with van der Waals surface area (Å²) in [6.45, 7) is 16.8. The number of carbonyl (C=O) groups excluding carboxylic acids is 3. The second-order valence-corrected chi connectivity index (χ2v) is 15.3. The van der Waals surface area contributed by atoms with Crippen molar-refractivity contribution in [3.05, 3.63) is 97.1 Å². The zero-order valence-corrected chi connectivity index (χ0v) is 27.8. The third-order valence-corrected chi connectivity index (χ3v) is 12.0. The van der Waals surface area contributed by atoms with Crippen LogP contribution in [0.1, 0.15) is 45.2 Å². The van der Waals surface area contributed by atoms with Crippen LogP contribution in [0.4, 0.5) is 0 Å². The zero-order valence-electron chi connectivity index (χ0n) is 27.0. The number of thioether (sulfide) groups is 1. The van der Waals surface area contributed by atoms with Crippen molar-refractivity contribution in [1.82, 2.24) is 14.7 Å². The summed E-state index contributed by atoms with van der Waals surface area (Å²) in [6.07, 6.45) is 4.60. The number of aliphatic hydroxyl groups is 1. The molecule has 2 aromatic rings. The van der Waals surface area contributed by atoms with Crippen LogP contribution < -0.4 is 0 Å². The fourth-order valence-corrected chi connectivity index (χ4v) is 10.3. The molecular weight excluding hydrogens is 582 g/mol. The maximum absolute atomic E-state index is 14.9. The highest BCUT2D eigenvalue weighted by Gasteiger charge is 2.77. The predicted octanol–water partition coefficient (Wildman–Crippen LogP) is 4.96. The first kappa shape index (κ1) is 33.0. The third kappa shape index (κ3) is 5.87. The molecule has 1 N–H and O–H groups in total. The van der Waals surface area contributed by atoms with E-state index in [1.807, 2.05) is 81.4 Å². The van der Waals surface area contributed by atoms with Crippen LogP contribution in [0.2, 0.25) is 0 Å². The van der Waals surface area contributed by atoms with Gasteiger partial charge in [-0.25, -0.2) is 0 Å². The van der Waals surface area contributed by atoms with Gasteiger partial charge in [0.2, 0.25) is 17.7 Å². The molecule has 0 aromatic heterocycles. The highest BCUT2D eigenvalue weighted by atomic mass is 32.2. The number of nitrogens with zero attached hydrogens (tertiary/aromatic N) is 3. The normalized spacial score (nSPS) is 27.6. The van der Waals surface area contributed by atoms with Gasteiger partial charge in [-0.15, -0.1) is 24.9 Å². The quantitative estimate of drug-likeness (QED) is 0.336. The van der Waals surface area contributed by atoms with Crippen LogP contribution in [0.15, 0.2) is 86.0 Å². The van der Waals surface area contributed by atoms with Crippen LogP contribution in [0.3, 0.4) is 0 Å². The monoisotopic (exact) mass is 629 g/mol. The standard InChI is InChI=1S/C37H47N3O4S/c1-7-19-38(23-27-17-13-10-14-18-27)33(42)30-29-21-25(3)37(45-29)31(30)34(43)40(28(24-41)22-26-15-11-9-12-16-26)32(37)35(44)39(20-8-2)36(4,5)6/h7-18,25,28-32,41H,1-2,19-24H2,3-6H3/t25?,28-,29-,30+,31+,32?,37?/m1/s1. The van der Waals surface area contributed by atoms with E-state index in [-0.39, 0.29) is 35.5 Å². The molecule has 3 aliphatic rings. The van der Waals surface area contributed by atoms with Gasteiger partial charge in [0.15, 0.2) is 0 Å². The van der Waals surface area contributed by atoms with Gasteiger partial charge in [0, 0.05) is 30.4 Å². The third-order valence-electron chi connectivity index (χ3n) is 9.89. The summed E-state index contributed by atoms with van der Waals surface area (Å²) in [6, 6.07) is 18.2. The molecule has 3 amide bonds. The summed E-state index contributed by atoms with van der Waals surface area (Å²) in [5.74, 6) is -1.64. The minimum absolute atomic E-state index is 0.0213. The van der Waals surface area contributed by atoms with Crippen molar-refractivity contribution in [2.75, 3.05) is 19.7 Å². The van der Waals surface area contributed by atoms with Crippen LogP contribution in [0.5, 0.6) is 0 Å². The molecule has 0 aliphatic carbocycles. The Kier molecular flexibility index (Phi) is 9.66. The van der Waals surface area contributed by atoms with E-state index in [0.29, 0.717) is 26.1 Å². The van der Waals surface area contributed by atoms with Gasteiger partial charge in [0.1, 0.15) is 6.04 Å². The van der Waals surface area contributed by atoms with Crippen LogP contribution in [0, 0.1) is 17.8 Å². The summed E-state index contributed by atoms with van der Waals surface area (Å²) in [4.78, 5) is 49.7. The van der Waals surface area contributed by atoms with E-state index in [4.69, 9.17) is 0 Å². The topological polar surface area (TPSA) is 81.2 Å². The van der Waals surface area contributed by atoms with Gasteiger partial charge in [0.05, 0.1) is 29.2 Å². The number of likely N-dealkylation sites (tertiary alicyclic amines) is 1. The molecule has 3 aliphatic heterocycles. The molecule has 5 rings (SSSR count). The molecule has 0 radical (unpaired) electrons. The van der Waals surface area contributed by atoms with Gasteiger partial charge in [-0.3, -0.25) is 14.4 Å². The van der Waals surface area contributed by atoms with Crippen molar-refractivity contribution < 1.29 is 19.5 Å². The van der Waals surface area contributed by atoms with Crippen molar-refractivity contribution in [2.24, 2.45) is 17.8 Å². The van der Waals surface area contributed by atoms with Crippen molar-refractivity contribution in [1.29, 1.82) is 0 Å². The Hall–Kier alpha value is -3.36. The average Bonchev–Trinajstić information content (AvgIpc) is 3.61. The van der Waals surface area contributed by atoms with Crippen molar-refractivity contribution in [3.8, 4) is 0 Å². The first-order chi connectivity index (χ1) is 21.5. The molecule has 7 nitrogen and oxygen atoms in total. The molecular formula is C37H47N3O4S. The second kappa shape index (κ2) is 13.2. The molecule has 45 heavy (non-hydrogen) atoms. The molecule has 3 unspecified atom stereocenters. The van der Waals surface area contributed by atoms with Crippen LogP contribution in [-0.2, 0) is 27.3 Å². The highest BCUT2D eigenvalue weighted by molar-refractivity contribution is 8.02. The van der Waals surface area contributed by atoms with Gasteiger partial charge in [-0.05, 0) is 50.7 Å². The van der Waals surface area contributed by atoms with E-state index in [2.05, 4.69) is 20.1 Å². The Morgan fingerprint density at radius 1 is 1.02 bits per heavy atom. The lowest BCUT2D eigenvalue weighted by molar-refractivity contribution is -0.148. The molecule has 3 heterocycles. The minimum Gasteiger partial charge on any atom is -0.394 e. The first-order valence-corrected chi connectivity index (χ1v) is 16.9. The fourth-order valence-electron chi connectivity index (χ4n) is 7.93. The number of benzene rings is 2. The largest absolute Gasteiger partial charge is 0.394 e. The molecule has 1 spiro atoms. The summed E-state index contributed by atoms with van der Waals surface area (Å²) >= 11 is 1.67. The summed E-state index contributed by atoms with van der Waals surface area (Å²) in [7, 11) is 0. The van der Waals surface area contributed by atoms with Crippen molar-refractivity contribution >= 4 is 29.5 Å². The van der Waals surface area contributed by atoms with E-state index < -0.39 is 34.2 Å². The predicted molar refractivity (Wildman–Crippen MR) is 180 cm³/mol. The Morgan fingerprint density at radius 2 is 1.62 bits per heavy atom. The number of amides is 3. The van der Waals surface area contributed by atoms with Crippen LogP contribution in [-0.4, -0.2) is 84.8 Å². The van der Waals surface area contributed by atoms with Crippen molar-refractivity contribution in [3.63, 3.8) is 0 Å². The fraction of sp³-hybridized carbons (Fsp3) is 0.486.